The van der Waals surface area contributed by atoms with E-state index in [1.54, 1.807) is 27.7 Å². The summed E-state index contributed by atoms with van der Waals surface area (Å²) in [5.74, 6) is -3.38. The SMILES string of the molecule is CC(C)C(NC(=O)OCc1ccccc1)C(=O)NC(C(=O)NC1Cc2cccc(c2)CNC(=O)C1=O)C(C)C. The highest BCUT2D eigenvalue weighted by Gasteiger charge is 2.34. The van der Waals surface area contributed by atoms with Crippen LogP contribution in [0.5, 0.6) is 0 Å². The Morgan fingerprint density at radius 2 is 1.51 bits per heavy atom. The van der Waals surface area contributed by atoms with Gasteiger partial charge in [0, 0.05) is 13.0 Å². The molecule has 4 amide bonds. The molecule has 10 heteroatoms. The molecule has 4 N–H and O–H groups in total. The van der Waals surface area contributed by atoms with Crippen LogP contribution in [0.25, 0.3) is 0 Å². The number of fused-ring (bicyclic) bond motifs is 2. The number of amides is 4. The van der Waals surface area contributed by atoms with E-state index in [0.717, 1.165) is 16.7 Å². The van der Waals surface area contributed by atoms with Gasteiger partial charge < -0.3 is 26.0 Å². The third-order valence-corrected chi connectivity index (χ3v) is 6.42. The predicted molar refractivity (Wildman–Crippen MR) is 144 cm³/mol. The summed E-state index contributed by atoms with van der Waals surface area (Å²) in [6.07, 6.45) is -0.628. The van der Waals surface area contributed by atoms with Crippen molar-refractivity contribution in [1.29, 1.82) is 0 Å². The third kappa shape index (κ3) is 8.39. The maximum atomic E-state index is 13.3. The van der Waals surface area contributed by atoms with Crippen molar-refractivity contribution in [2.24, 2.45) is 11.8 Å². The Hall–Kier alpha value is -4.21. The molecule has 0 radical (unpaired) electrons. The van der Waals surface area contributed by atoms with Gasteiger partial charge in [-0.2, -0.15) is 0 Å². The number of alkyl carbamates (subject to hydrolysis) is 1. The monoisotopic (exact) mass is 536 g/mol. The second-order valence-corrected chi connectivity index (χ2v) is 10.3. The highest BCUT2D eigenvalue weighted by Crippen LogP contribution is 2.13. The van der Waals surface area contributed by atoms with Crippen LogP contribution in [0.15, 0.2) is 54.6 Å². The fourth-order valence-electron chi connectivity index (χ4n) is 4.21. The average Bonchev–Trinajstić information content (AvgIpc) is 2.94. The molecule has 10 nitrogen and oxygen atoms in total. The number of ketones is 1. The first-order chi connectivity index (χ1) is 18.5. The summed E-state index contributed by atoms with van der Waals surface area (Å²) < 4.78 is 5.25. The van der Waals surface area contributed by atoms with Crippen LogP contribution in [-0.2, 0) is 43.5 Å². The van der Waals surface area contributed by atoms with Gasteiger partial charge in [-0.1, -0.05) is 82.3 Å². The highest BCUT2D eigenvalue weighted by atomic mass is 16.5. The van der Waals surface area contributed by atoms with Gasteiger partial charge in [-0.15, -0.1) is 0 Å². The topological polar surface area (TPSA) is 143 Å². The van der Waals surface area contributed by atoms with Gasteiger partial charge in [-0.05, 0) is 28.5 Å². The molecule has 1 aliphatic heterocycles. The molecule has 3 atom stereocenters. The van der Waals surface area contributed by atoms with E-state index in [1.807, 2.05) is 54.6 Å². The molecule has 1 aliphatic rings. The van der Waals surface area contributed by atoms with Crippen LogP contribution in [0.3, 0.4) is 0 Å². The number of carbonyl (C=O) groups is 5. The number of ether oxygens (including phenoxy) is 1. The number of rotatable bonds is 9. The summed E-state index contributed by atoms with van der Waals surface area (Å²) in [6, 6.07) is 13.4. The first-order valence-corrected chi connectivity index (χ1v) is 13.0. The number of benzene rings is 2. The van der Waals surface area contributed by atoms with E-state index < -0.39 is 47.7 Å². The Balaban J connectivity index is 1.67. The van der Waals surface area contributed by atoms with Crippen molar-refractivity contribution in [3.05, 3.63) is 71.3 Å². The fourth-order valence-corrected chi connectivity index (χ4v) is 4.21. The number of hydrogen-bond acceptors (Lipinski definition) is 6. The molecular weight excluding hydrogens is 500 g/mol. The Morgan fingerprint density at radius 3 is 2.18 bits per heavy atom. The zero-order valence-electron chi connectivity index (χ0n) is 22.7. The summed E-state index contributed by atoms with van der Waals surface area (Å²) in [5.41, 5.74) is 2.45. The molecule has 2 aromatic rings. The Morgan fingerprint density at radius 1 is 0.872 bits per heavy atom. The molecule has 0 aliphatic carbocycles. The van der Waals surface area contributed by atoms with Crippen LogP contribution >= 0.6 is 0 Å². The molecule has 0 aromatic heterocycles. The van der Waals surface area contributed by atoms with Gasteiger partial charge in [0.05, 0.1) is 0 Å². The second kappa shape index (κ2) is 13.5. The molecule has 208 valence electrons. The van der Waals surface area contributed by atoms with E-state index in [9.17, 15) is 24.0 Å². The minimum absolute atomic E-state index is 0.0437. The Kier molecular flexibility index (Phi) is 10.2. The van der Waals surface area contributed by atoms with Gasteiger partial charge >= 0.3 is 6.09 Å². The predicted octanol–water partition coefficient (Wildman–Crippen LogP) is 2.00. The minimum atomic E-state index is -1.10. The van der Waals surface area contributed by atoms with Crippen molar-refractivity contribution in [1.82, 2.24) is 21.3 Å². The summed E-state index contributed by atoms with van der Waals surface area (Å²) in [5, 5.41) is 10.5. The van der Waals surface area contributed by atoms with Gasteiger partial charge in [0.1, 0.15) is 24.7 Å². The van der Waals surface area contributed by atoms with Crippen molar-refractivity contribution in [2.75, 3.05) is 0 Å². The quantitative estimate of drug-likeness (QED) is 0.361. The van der Waals surface area contributed by atoms with Gasteiger partial charge in [0.15, 0.2) is 0 Å². The lowest BCUT2D eigenvalue weighted by Gasteiger charge is -2.28. The van der Waals surface area contributed by atoms with Crippen molar-refractivity contribution in [2.45, 2.75) is 65.4 Å². The maximum absolute atomic E-state index is 13.3. The molecule has 2 bridgehead atoms. The van der Waals surface area contributed by atoms with E-state index in [2.05, 4.69) is 21.3 Å². The van der Waals surface area contributed by atoms with E-state index in [4.69, 9.17) is 4.74 Å². The number of nitrogens with one attached hydrogen (secondary N) is 4. The summed E-state index contributed by atoms with van der Waals surface area (Å²) in [6.45, 7) is 7.27. The van der Waals surface area contributed by atoms with Crippen LogP contribution in [0, 0.1) is 11.8 Å². The zero-order valence-corrected chi connectivity index (χ0v) is 22.7. The molecule has 3 unspecified atom stereocenters. The molecule has 39 heavy (non-hydrogen) atoms. The molecule has 3 rings (SSSR count). The second-order valence-electron chi connectivity index (χ2n) is 10.3. The molecular formula is C29H36N4O6. The number of carbonyl (C=O) groups excluding carboxylic acids is 5. The molecule has 0 saturated heterocycles. The van der Waals surface area contributed by atoms with Crippen LogP contribution in [-0.4, -0.2) is 47.7 Å². The van der Waals surface area contributed by atoms with Gasteiger partial charge in [0.2, 0.25) is 17.6 Å². The Bertz CT molecular complexity index is 1200. The molecule has 2 aromatic carbocycles. The molecule has 0 fully saturated rings. The standard InChI is InChI=1S/C29H36N4O6/c1-17(2)23(26(35)31-22-14-20-11-8-12-21(13-20)15-30-28(37)25(22)34)32-27(36)24(18(3)4)33-29(38)39-16-19-9-6-5-7-10-19/h5-13,17-18,22-24H,14-16H2,1-4H3,(H,30,37)(H,31,35)(H,32,36)(H,33,38). The average molecular weight is 537 g/mol. The van der Waals surface area contributed by atoms with Crippen LogP contribution in [0.1, 0.15) is 44.4 Å². The summed E-state index contributed by atoms with van der Waals surface area (Å²) in [4.78, 5) is 64.1. The zero-order chi connectivity index (χ0) is 28.5. The summed E-state index contributed by atoms with van der Waals surface area (Å²) in [7, 11) is 0. The van der Waals surface area contributed by atoms with Crippen LogP contribution in [0.4, 0.5) is 4.79 Å². The Labute approximate surface area is 228 Å². The van der Waals surface area contributed by atoms with E-state index in [1.165, 1.54) is 0 Å². The molecule has 1 heterocycles. The van der Waals surface area contributed by atoms with E-state index >= 15 is 0 Å². The van der Waals surface area contributed by atoms with Gasteiger partial charge in [-0.3, -0.25) is 19.2 Å². The smallest absolute Gasteiger partial charge is 0.408 e. The lowest BCUT2D eigenvalue weighted by atomic mass is 9.97. The van der Waals surface area contributed by atoms with E-state index in [-0.39, 0.29) is 31.4 Å². The lowest BCUT2D eigenvalue weighted by Crippen LogP contribution is -2.59. The van der Waals surface area contributed by atoms with Crippen molar-refractivity contribution >= 4 is 29.6 Å². The van der Waals surface area contributed by atoms with Crippen LogP contribution in [0.2, 0.25) is 0 Å². The number of hydrogen-bond donors (Lipinski definition) is 4. The lowest BCUT2D eigenvalue weighted by molar-refractivity contribution is -0.140. The largest absolute Gasteiger partial charge is 0.445 e. The van der Waals surface area contributed by atoms with Gasteiger partial charge in [0.25, 0.3) is 5.91 Å². The van der Waals surface area contributed by atoms with E-state index in [0.29, 0.717) is 0 Å². The third-order valence-electron chi connectivity index (χ3n) is 6.42. The van der Waals surface area contributed by atoms with Crippen LogP contribution < -0.4 is 21.3 Å². The first-order valence-electron chi connectivity index (χ1n) is 13.0. The highest BCUT2D eigenvalue weighted by molar-refractivity contribution is 6.38. The van der Waals surface area contributed by atoms with Crippen molar-refractivity contribution < 1.29 is 28.7 Å². The van der Waals surface area contributed by atoms with Crippen molar-refractivity contribution in [3.63, 3.8) is 0 Å². The first kappa shape index (κ1) is 29.3. The summed E-state index contributed by atoms with van der Waals surface area (Å²) >= 11 is 0. The molecule has 0 saturated carbocycles. The van der Waals surface area contributed by atoms with Crippen molar-refractivity contribution in [3.8, 4) is 0 Å². The minimum Gasteiger partial charge on any atom is -0.445 e. The molecule has 0 spiro atoms. The number of Topliss-reactive ketones (excluding diaryl/α,β-unsaturated/α-hetero) is 1. The maximum Gasteiger partial charge on any atom is 0.408 e. The normalized spacial score (nSPS) is 16.7. The van der Waals surface area contributed by atoms with Gasteiger partial charge in [-0.25, -0.2) is 4.79 Å². The fraction of sp³-hybridized carbons (Fsp3) is 0.414.